The molecule has 1 unspecified atom stereocenters. The second-order valence-electron chi connectivity index (χ2n) is 7.84. The molecular weight excluding hydrogens is 408 g/mol. The number of hydrogen-bond acceptors (Lipinski definition) is 3. The first-order chi connectivity index (χ1) is 13.9. The molecule has 7 heteroatoms. The summed E-state index contributed by atoms with van der Waals surface area (Å²) in [5.74, 6) is -0.205. The van der Waals surface area contributed by atoms with E-state index in [0.717, 1.165) is 36.8 Å². The Morgan fingerprint density at radius 2 is 1.62 bits per heavy atom. The highest BCUT2D eigenvalue weighted by Crippen LogP contribution is 2.30. The molecule has 1 aliphatic heterocycles. The van der Waals surface area contributed by atoms with E-state index in [0.29, 0.717) is 11.4 Å². The largest absolute Gasteiger partial charge is 0.352 e. The zero-order chi connectivity index (χ0) is 20.4. The molecule has 0 bridgehead atoms. The summed E-state index contributed by atoms with van der Waals surface area (Å²) in [5.41, 5.74) is 1.96. The summed E-state index contributed by atoms with van der Waals surface area (Å²) < 4.78 is 28.2. The van der Waals surface area contributed by atoms with Gasteiger partial charge in [-0.3, -0.25) is 4.79 Å². The van der Waals surface area contributed by atoms with Crippen molar-refractivity contribution in [3.63, 3.8) is 0 Å². The van der Waals surface area contributed by atoms with Crippen LogP contribution in [0.5, 0.6) is 0 Å². The number of rotatable bonds is 4. The topological polar surface area (TPSA) is 66.5 Å². The smallest absolute Gasteiger partial charge is 0.244 e. The van der Waals surface area contributed by atoms with Gasteiger partial charge in [0.15, 0.2) is 0 Å². The molecule has 1 amide bonds. The predicted octanol–water partition coefficient (Wildman–Crippen LogP) is 3.90. The molecule has 2 aromatic carbocycles. The SMILES string of the molecule is O=C(NC1CCCCC1)C1Cc2ccccc2CN1S(=O)(=O)c1ccc(Cl)cc1. The van der Waals surface area contributed by atoms with Crippen LogP contribution in [-0.4, -0.2) is 30.7 Å². The normalized spacial score (nSPS) is 20.8. The third kappa shape index (κ3) is 4.34. The van der Waals surface area contributed by atoms with Crippen molar-refractivity contribution in [3.8, 4) is 0 Å². The molecule has 1 fully saturated rings. The van der Waals surface area contributed by atoms with E-state index in [1.807, 2.05) is 24.3 Å². The summed E-state index contributed by atoms with van der Waals surface area (Å²) in [6.45, 7) is 0.184. The van der Waals surface area contributed by atoms with Crippen LogP contribution in [-0.2, 0) is 27.8 Å². The highest BCUT2D eigenvalue weighted by Gasteiger charge is 2.40. The van der Waals surface area contributed by atoms with Gasteiger partial charge in [-0.25, -0.2) is 8.42 Å². The first-order valence-electron chi connectivity index (χ1n) is 10.1. The van der Waals surface area contributed by atoms with Gasteiger partial charge in [0, 0.05) is 17.6 Å². The van der Waals surface area contributed by atoms with Gasteiger partial charge in [0.2, 0.25) is 15.9 Å². The Morgan fingerprint density at radius 1 is 0.966 bits per heavy atom. The Kier molecular flexibility index (Phi) is 5.95. The first-order valence-corrected chi connectivity index (χ1v) is 11.9. The maximum absolute atomic E-state index is 13.4. The molecule has 1 aliphatic carbocycles. The van der Waals surface area contributed by atoms with E-state index < -0.39 is 16.1 Å². The van der Waals surface area contributed by atoms with Crippen molar-refractivity contribution >= 4 is 27.5 Å². The molecule has 1 atom stereocenters. The van der Waals surface area contributed by atoms with Gasteiger partial charge in [-0.05, 0) is 54.7 Å². The summed E-state index contributed by atoms with van der Waals surface area (Å²) in [4.78, 5) is 13.3. The molecule has 0 radical (unpaired) electrons. The molecule has 0 aromatic heterocycles. The molecule has 5 nitrogen and oxygen atoms in total. The van der Waals surface area contributed by atoms with Crippen LogP contribution in [0.1, 0.15) is 43.2 Å². The third-order valence-corrected chi connectivity index (χ3v) is 8.00. The van der Waals surface area contributed by atoms with Crippen molar-refractivity contribution < 1.29 is 13.2 Å². The number of fused-ring (bicyclic) bond motifs is 1. The monoisotopic (exact) mass is 432 g/mol. The Morgan fingerprint density at radius 3 is 2.31 bits per heavy atom. The molecule has 154 valence electrons. The molecule has 29 heavy (non-hydrogen) atoms. The average Bonchev–Trinajstić information content (AvgIpc) is 2.74. The van der Waals surface area contributed by atoms with Crippen LogP contribution in [0.15, 0.2) is 53.4 Å². The number of carbonyl (C=O) groups excluding carboxylic acids is 1. The molecule has 1 saturated carbocycles. The Labute approximate surface area is 177 Å². The standard InChI is InChI=1S/C22H25ClN2O3S/c23-18-10-12-20(13-11-18)29(27,28)25-15-17-7-5-4-6-16(17)14-21(25)22(26)24-19-8-2-1-3-9-19/h4-7,10-13,19,21H,1-3,8-9,14-15H2,(H,24,26). The zero-order valence-corrected chi connectivity index (χ0v) is 17.8. The average molecular weight is 433 g/mol. The van der Waals surface area contributed by atoms with Gasteiger partial charge in [-0.1, -0.05) is 55.1 Å². The predicted molar refractivity (Wildman–Crippen MR) is 113 cm³/mol. The number of nitrogens with zero attached hydrogens (tertiary/aromatic N) is 1. The van der Waals surface area contributed by atoms with Crippen molar-refractivity contribution in [2.45, 2.75) is 62.0 Å². The van der Waals surface area contributed by atoms with E-state index in [2.05, 4.69) is 5.32 Å². The van der Waals surface area contributed by atoms with Crippen LogP contribution in [0.3, 0.4) is 0 Å². The summed E-state index contributed by atoms with van der Waals surface area (Å²) >= 11 is 5.93. The number of carbonyl (C=O) groups is 1. The minimum atomic E-state index is -3.84. The van der Waals surface area contributed by atoms with Gasteiger partial charge in [-0.15, -0.1) is 0 Å². The van der Waals surface area contributed by atoms with Gasteiger partial charge in [0.1, 0.15) is 6.04 Å². The van der Waals surface area contributed by atoms with Crippen LogP contribution < -0.4 is 5.32 Å². The fraction of sp³-hybridized carbons (Fsp3) is 0.409. The Bertz CT molecular complexity index is 985. The van der Waals surface area contributed by atoms with E-state index in [1.165, 1.54) is 22.9 Å². The maximum Gasteiger partial charge on any atom is 0.244 e. The van der Waals surface area contributed by atoms with Crippen molar-refractivity contribution in [3.05, 3.63) is 64.7 Å². The molecule has 4 rings (SSSR count). The van der Waals surface area contributed by atoms with E-state index in [-0.39, 0.29) is 23.4 Å². The molecular formula is C22H25ClN2O3S. The number of amides is 1. The highest BCUT2D eigenvalue weighted by atomic mass is 35.5. The minimum absolute atomic E-state index is 0.133. The number of nitrogens with one attached hydrogen (secondary N) is 1. The zero-order valence-electron chi connectivity index (χ0n) is 16.2. The molecule has 1 N–H and O–H groups in total. The lowest BCUT2D eigenvalue weighted by Crippen LogP contribution is -2.54. The van der Waals surface area contributed by atoms with E-state index >= 15 is 0 Å². The fourth-order valence-corrected chi connectivity index (χ4v) is 5.95. The quantitative estimate of drug-likeness (QED) is 0.796. The molecule has 2 aromatic rings. The second-order valence-corrected chi connectivity index (χ2v) is 10.2. The van der Waals surface area contributed by atoms with Crippen molar-refractivity contribution in [1.82, 2.24) is 9.62 Å². The fourth-order valence-electron chi connectivity index (χ4n) is 4.26. The lowest BCUT2D eigenvalue weighted by Gasteiger charge is -2.36. The highest BCUT2D eigenvalue weighted by molar-refractivity contribution is 7.89. The number of halogens is 1. The third-order valence-electron chi connectivity index (χ3n) is 5.88. The summed E-state index contributed by atoms with van der Waals surface area (Å²) in [6, 6.07) is 13.2. The first kappa shape index (κ1) is 20.4. The van der Waals surface area contributed by atoms with Gasteiger partial charge in [-0.2, -0.15) is 4.31 Å². The lowest BCUT2D eigenvalue weighted by atomic mass is 9.93. The van der Waals surface area contributed by atoms with Crippen LogP contribution >= 0.6 is 11.6 Å². The van der Waals surface area contributed by atoms with Gasteiger partial charge in [0.25, 0.3) is 0 Å². The van der Waals surface area contributed by atoms with E-state index in [4.69, 9.17) is 11.6 Å². The summed E-state index contributed by atoms with van der Waals surface area (Å²) in [7, 11) is -3.84. The van der Waals surface area contributed by atoms with Gasteiger partial charge in [0.05, 0.1) is 4.90 Å². The van der Waals surface area contributed by atoms with Gasteiger partial charge < -0.3 is 5.32 Å². The van der Waals surface area contributed by atoms with Crippen molar-refractivity contribution in [2.24, 2.45) is 0 Å². The summed E-state index contributed by atoms with van der Waals surface area (Å²) in [6.07, 6.45) is 5.69. The van der Waals surface area contributed by atoms with Crippen molar-refractivity contribution in [1.29, 1.82) is 0 Å². The van der Waals surface area contributed by atoms with E-state index in [9.17, 15) is 13.2 Å². The summed E-state index contributed by atoms with van der Waals surface area (Å²) in [5, 5.41) is 3.59. The second kappa shape index (κ2) is 8.46. The van der Waals surface area contributed by atoms with Gasteiger partial charge >= 0.3 is 0 Å². The molecule has 1 heterocycles. The lowest BCUT2D eigenvalue weighted by molar-refractivity contribution is -0.126. The van der Waals surface area contributed by atoms with Crippen molar-refractivity contribution in [2.75, 3.05) is 0 Å². The number of hydrogen-bond donors (Lipinski definition) is 1. The maximum atomic E-state index is 13.4. The van der Waals surface area contributed by atoms with Crippen LogP contribution in [0.2, 0.25) is 5.02 Å². The molecule has 2 aliphatic rings. The van der Waals surface area contributed by atoms with Crippen LogP contribution in [0.25, 0.3) is 0 Å². The number of sulfonamides is 1. The van der Waals surface area contributed by atoms with E-state index in [1.54, 1.807) is 12.1 Å². The Balaban J connectivity index is 1.66. The van der Waals surface area contributed by atoms with Crippen LogP contribution in [0, 0.1) is 0 Å². The Hall–Kier alpha value is -1.89. The molecule has 0 spiro atoms. The van der Waals surface area contributed by atoms with Crippen LogP contribution in [0.4, 0.5) is 0 Å². The molecule has 0 saturated heterocycles. The minimum Gasteiger partial charge on any atom is -0.352 e. The number of benzene rings is 2.